The van der Waals surface area contributed by atoms with Crippen LogP contribution in [0, 0.1) is 19.7 Å². The highest BCUT2D eigenvalue weighted by atomic mass is 79.9. The van der Waals surface area contributed by atoms with Gasteiger partial charge in [-0.2, -0.15) is 0 Å². The van der Waals surface area contributed by atoms with Crippen LogP contribution in [-0.2, 0) is 0 Å². The van der Waals surface area contributed by atoms with Gasteiger partial charge in [0.2, 0.25) is 0 Å². The van der Waals surface area contributed by atoms with Crippen molar-refractivity contribution >= 4 is 32.5 Å². The van der Waals surface area contributed by atoms with Gasteiger partial charge in [-0.05, 0) is 38.0 Å². The molecule has 0 bridgehead atoms. The molecule has 0 saturated heterocycles. The zero-order chi connectivity index (χ0) is 13.3. The minimum Gasteiger partial charge on any atom is -0.384 e. The number of hydrogen-bond acceptors (Lipinski definition) is 2. The number of nitrogens with zero attached hydrogens (tertiary/aromatic N) is 1. The summed E-state index contributed by atoms with van der Waals surface area (Å²) in [5, 5.41) is 4.21. The van der Waals surface area contributed by atoms with Gasteiger partial charge in [0.05, 0.1) is 0 Å². The second kappa shape index (κ2) is 5.22. The maximum absolute atomic E-state index is 13.9. The number of nitrogens with one attached hydrogen (secondary N) is 1. The summed E-state index contributed by atoms with van der Waals surface area (Å²) in [5.41, 5.74) is 3.36. The van der Waals surface area contributed by atoms with E-state index < -0.39 is 0 Å². The average molecular weight is 311 g/mol. The van der Waals surface area contributed by atoms with Gasteiger partial charge < -0.3 is 5.32 Å². The van der Waals surface area contributed by atoms with E-state index in [1.807, 2.05) is 19.9 Å². The SMILES string of the molecule is CCCNc1c(C)c(C)nc2c(F)cc(Br)cc12. The summed E-state index contributed by atoms with van der Waals surface area (Å²) in [7, 11) is 0. The van der Waals surface area contributed by atoms with Crippen LogP contribution in [0.15, 0.2) is 16.6 Å². The van der Waals surface area contributed by atoms with Gasteiger partial charge in [-0.1, -0.05) is 22.9 Å². The van der Waals surface area contributed by atoms with E-state index in [0.717, 1.165) is 39.8 Å². The van der Waals surface area contributed by atoms with Crippen LogP contribution in [-0.4, -0.2) is 11.5 Å². The number of aromatic nitrogens is 1. The molecule has 0 aliphatic heterocycles. The first kappa shape index (κ1) is 13.3. The molecule has 0 radical (unpaired) electrons. The molecular formula is C14H16BrFN2. The smallest absolute Gasteiger partial charge is 0.150 e. The first-order chi connectivity index (χ1) is 8.54. The molecule has 0 unspecified atom stereocenters. The quantitative estimate of drug-likeness (QED) is 0.898. The third-order valence-electron chi connectivity index (χ3n) is 3.05. The Balaban J connectivity index is 2.74. The Kier molecular flexibility index (Phi) is 3.85. The van der Waals surface area contributed by atoms with Gasteiger partial charge in [0.25, 0.3) is 0 Å². The summed E-state index contributed by atoms with van der Waals surface area (Å²) in [6.07, 6.45) is 1.03. The number of anilines is 1. The molecule has 2 rings (SSSR count). The number of rotatable bonds is 3. The fourth-order valence-electron chi connectivity index (χ4n) is 1.98. The largest absolute Gasteiger partial charge is 0.384 e. The molecule has 96 valence electrons. The molecule has 0 aliphatic carbocycles. The summed E-state index contributed by atoms with van der Waals surface area (Å²) in [6.45, 7) is 6.90. The number of pyridine rings is 1. The third kappa shape index (κ3) is 2.34. The molecule has 18 heavy (non-hydrogen) atoms. The monoisotopic (exact) mass is 310 g/mol. The molecule has 0 fully saturated rings. The van der Waals surface area contributed by atoms with Gasteiger partial charge in [0.15, 0.2) is 5.82 Å². The Hall–Kier alpha value is -1.16. The third-order valence-corrected chi connectivity index (χ3v) is 3.50. The van der Waals surface area contributed by atoms with Crippen LogP contribution in [0.3, 0.4) is 0 Å². The number of fused-ring (bicyclic) bond motifs is 1. The molecule has 1 N–H and O–H groups in total. The van der Waals surface area contributed by atoms with Crippen LogP contribution < -0.4 is 5.32 Å². The van der Waals surface area contributed by atoms with Gasteiger partial charge >= 0.3 is 0 Å². The van der Waals surface area contributed by atoms with Crippen LogP contribution in [0.25, 0.3) is 10.9 Å². The van der Waals surface area contributed by atoms with E-state index >= 15 is 0 Å². The lowest BCUT2D eigenvalue weighted by atomic mass is 10.1. The van der Waals surface area contributed by atoms with E-state index in [-0.39, 0.29) is 5.82 Å². The zero-order valence-corrected chi connectivity index (χ0v) is 12.4. The lowest BCUT2D eigenvalue weighted by Crippen LogP contribution is -2.05. The second-order valence-corrected chi connectivity index (χ2v) is 5.32. The predicted octanol–water partition coefficient (Wildman–Crippen LogP) is 4.58. The van der Waals surface area contributed by atoms with Crippen LogP contribution >= 0.6 is 15.9 Å². The highest BCUT2D eigenvalue weighted by molar-refractivity contribution is 9.10. The highest BCUT2D eigenvalue weighted by Gasteiger charge is 2.13. The van der Waals surface area contributed by atoms with Crippen molar-refractivity contribution in [2.75, 3.05) is 11.9 Å². The maximum atomic E-state index is 13.9. The molecule has 0 amide bonds. The Morgan fingerprint density at radius 2 is 2.06 bits per heavy atom. The van der Waals surface area contributed by atoms with Crippen molar-refractivity contribution in [2.24, 2.45) is 0 Å². The Morgan fingerprint density at radius 1 is 1.33 bits per heavy atom. The number of halogens is 2. The minimum atomic E-state index is -0.290. The number of aryl methyl sites for hydroxylation is 1. The fourth-order valence-corrected chi connectivity index (χ4v) is 2.41. The Morgan fingerprint density at radius 3 is 2.72 bits per heavy atom. The van der Waals surface area contributed by atoms with Crippen molar-refractivity contribution in [1.82, 2.24) is 4.98 Å². The summed E-state index contributed by atoms with van der Waals surface area (Å²) < 4.78 is 14.7. The average Bonchev–Trinajstić information content (AvgIpc) is 2.31. The summed E-state index contributed by atoms with van der Waals surface area (Å²) in [5.74, 6) is -0.290. The van der Waals surface area contributed by atoms with Gasteiger partial charge in [-0.15, -0.1) is 0 Å². The van der Waals surface area contributed by atoms with Gasteiger partial charge in [-0.3, -0.25) is 0 Å². The predicted molar refractivity (Wildman–Crippen MR) is 77.7 cm³/mol. The molecule has 0 aliphatic rings. The maximum Gasteiger partial charge on any atom is 0.150 e. The van der Waals surface area contributed by atoms with Crippen LogP contribution in [0.5, 0.6) is 0 Å². The minimum absolute atomic E-state index is 0.290. The first-order valence-electron chi connectivity index (χ1n) is 6.04. The van der Waals surface area contributed by atoms with Crippen molar-refractivity contribution in [3.05, 3.63) is 33.7 Å². The lowest BCUT2D eigenvalue weighted by molar-refractivity contribution is 0.635. The molecule has 2 aromatic rings. The summed E-state index contributed by atoms with van der Waals surface area (Å²) in [6, 6.07) is 3.36. The van der Waals surface area contributed by atoms with Gasteiger partial charge in [0, 0.05) is 27.8 Å². The first-order valence-corrected chi connectivity index (χ1v) is 6.83. The Bertz CT molecular complexity index is 596. The van der Waals surface area contributed by atoms with Crippen molar-refractivity contribution < 1.29 is 4.39 Å². The van der Waals surface area contributed by atoms with Gasteiger partial charge in [-0.25, -0.2) is 9.37 Å². The molecule has 0 saturated carbocycles. The van der Waals surface area contributed by atoms with Crippen molar-refractivity contribution in [1.29, 1.82) is 0 Å². The van der Waals surface area contributed by atoms with E-state index in [9.17, 15) is 4.39 Å². The van der Waals surface area contributed by atoms with Crippen LogP contribution in [0.4, 0.5) is 10.1 Å². The van der Waals surface area contributed by atoms with Crippen LogP contribution in [0.1, 0.15) is 24.6 Å². The van der Waals surface area contributed by atoms with Crippen molar-refractivity contribution in [3.8, 4) is 0 Å². The van der Waals surface area contributed by atoms with Crippen LogP contribution in [0.2, 0.25) is 0 Å². The van der Waals surface area contributed by atoms with E-state index in [1.165, 1.54) is 6.07 Å². The molecule has 0 spiro atoms. The molecular weight excluding hydrogens is 295 g/mol. The highest BCUT2D eigenvalue weighted by Crippen LogP contribution is 2.31. The normalized spacial score (nSPS) is 10.9. The number of hydrogen-bond donors (Lipinski definition) is 1. The molecule has 1 heterocycles. The summed E-state index contributed by atoms with van der Waals surface area (Å²) >= 11 is 3.33. The van der Waals surface area contributed by atoms with Gasteiger partial charge in [0.1, 0.15) is 5.52 Å². The van der Waals surface area contributed by atoms with E-state index in [4.69, 9.17) is 0 Å². The molecule has 4 heteroatoms. The molecule has 1 aromatic heterocycles. The molecule has 1 aromatic carbocycles. The number of benzene rings is 1. The molecule has 0 atom stereocenters. The second-order valence-electron chi connectivity index (χ2n) is 4.41. The molecule has 2 nitrogen and oxygen atoms in total. The van der Waals surface area contributed by atoms with E-state index in [1.54, 1.807) is 0 Å². The van der Waals surface area contributed by atoms with Crippen molar-refractivity contribution in [3.63, 3.8) is 0 Å². The van der Waals surface area contributed by atoms with E-state index in [0.29, 0.717) is 5.52 Å². The zero-order valence-electron chi connectivity index (χ0n) is 10.8. The topological polar surface area (TPSA) is 24.9 Å². The summed E-state index contributed by atoms with van der Waals surface area (Å²) in [4.78, 5) is 4.35. The fraction of sp³-hybridized carbons (Fsp3) is 0.357. The van der Waals surface area contributed by atoms with E-state index in [2.05, 4.69) is 33.2 Å². The van der Waals surface area contributed by atoms with Crippen molar-refractivity contribution in [2.45, 2.75) is 27.2 Å². The Labute approximate surface area is 115 Å². The lowest BCUT2D eigenvalue weighted by Gasteiger charge is -2.14. The standard InChI is InChI=1S/C14H16BrFN2/c1-4-5-17-13-8(2)9(3)18-14-11(13)6-10(15)7-12(14)16/h6-7H,4-5H2,1-3H3,(H,17,18).